The third kappa shape index (κ3) is 2.63. The lowest BCUT2D eigenvalue weighted by Crippen LogP contribution is -2.40. The van der Waals surface area contributed by atoms with E-state index < -0.39 is 0 Å². The maximum Gasteiger partial charge on any atom is 0.255 e. The number of fused-ring (bicyclic) bond motifs is 1. The van der Waals surface area contributed by atoms with E-state index in [-0.39, 0.29) is 11.7 Å². The lowest BCUT2D eigenvalue weighted by molar-refractivity contribution is 0.0302. The summed E-state index contributed by atoms with van der Waals surface area (Å²) < 4.78 is 20.1. The number of amides is 1. The molecule has 1 aliphatic rings. The molecule has 122 valence electrons. The van der Waals surface area contributed by atoms with Crippen LogP contribution in [0.3, 0.4) is 0 Å². The molecule has 3 aromatic rings. The molecule has 3 heterocycles. The number of halogens is 1. The van der Waals surface area contributed by atoms with E-state index in [9.17, 15) is 9.18 Å². The topological polar surface area (TPSA) is 59.7 Å². The quantitative estimate of drug-likeness (QED) is 0.723. The molecule has 0 unspecified atom stereocenters. The molecular formula is C17H15FN4O2. The van der Waals surface area contributed by atoms with Crippen molar-refractivity contribution < 1.29 is 13.9 Å². The Hall–Kier alpha value is -2.80. The van der Waals surface area contributed by atoms with Gasteiger partial charge in [-0.15, -0.1) is 10.2 Å². The zero-order valence-corrected chi connectivity index (χ0v) is 12.9. The van der Waals surface area contributed by atoms with Crippen LogP contribution in [0.25, 0.3) is 17.0 Å². The lowest BCUT2D eigenvalue weighted by atomic mass is 10.2. The van der Waals surface area contributed by atoms with Gasteiger partial charge in [-0.1, -0.05) is 0 Å². The predicted octanol–water partition coefficient (Wildman–Crippen LogP) is 2.01. The van der Waals surface area contributed by atoms with Crippen LogP contribution in [0.5, 0.6) is 0 Å². The van der Waals surface area contributed by atoms with Crippen molar-refractivity contribution >= 4 is 11.6 Å². The number of hydrogen-bond acceptors (Lipinski definition) is 4. The van der Waals surface area contributed by atoms with Gasteiger partial charge in [0.05, 0.1) is 18.8 Å². The Kier molecular flexibility index (Phi) is 3.70. The van der Waals surface area contributed by atoms with Gasteiger partial charge in [0.1, 0.15) is 5.82 Å². The van der Waals surface area contributed by atoms with Crippen LogP contribution < -0.4 is 0 Å². The Morgan fingerprint density at radius 2 is 1.79 bits per heavy atom. The molecule has 0 aliphatic carbocycles. The molecular weight excluding hydrogens is 311 g/mol. The molecule has 7 heteroatoms. The van der Waals surface area contributed by atoms with E-state index in [0.29, 0.717) is 43.3 Å². The molecule has 1 saturated heterocycles. The van der Waals surface area contributed by atoms with Gasteiger partial charge >= 0.3 is 0 Å². The van der Waals surface area contributed by atoms with E-state index >= 15 is 0 Å². The Bertz CT molecular complexity index is 885. The molecule has 1 aromatic carbocycles. The number of nitrogens with zero attached hydrogens (tertiary/aromatic N) is 4. The van der Waals surface area contributed by atoms with Crippen molar-refractivity contribution in [3.05, 3.63) is 54.0 Å². The Morgan fingerprint density at radius 3 is 2.54 bits per heavy atom. The monoisotopic (exact) mass is 326 g/mol. The third-order valence-corrected chi connectivity index (χ3v) is 4.05. The smallest absolute Gasteiger partial charge is 0.255 e. The van der Waals surface area contributed by atoms with Gasteiger partial charge in [0, 0.05) is 24.8 Å². The molecule has 6 nitrogen and oxygen atoms in total. The third-order valence-electron chi connectivity index (χ3n) is 4.05. The van der Waals surface area contributed by atoms with Crippen LogP contribution in [-0.2, 0) is 4.74 Å². The number of pyridine rings is 1. The van der Waals surface area contributed by atoms with E-state index in [2.05, 4.69) is 10.2 Å². The van der Waals surface area contributed by atoms with Gasteiger partial charge in [0.2, 0.25) is 0 Å². The highest BCUT2D eigenvalue weighted by Crippen LogP contribution is 2.20. The van der Waals surface area contributed by atoms with Crippen molar-refractivity contribution in [3.8, 4) is 11.4 Å². The highest BCUT2D eigenvalue weighted by molar-refractivity contribution is 5.94. The van der Waals surface area contributed by atoms with Crippen LogP contribution in [0.4, 0.5) is 4.39 Å². The molecule has 2 aromatic heterocycles. The second kappa shape index (κ2) is 6.01. The highest BCUT2D eigenvalue weighted by Gasteiger charge is 2.19. The number of carbonyl (C=O) groups excluding carboxylic acids is 1. The minimum absolute atomic E-state index is 0.0426. The first-order chi connectivity index (χ1) is 11.7. The molecule has 0 spiro atoms. The number of morpholine rings is 1. The number of hydrogen-bond donors (Lipinski definition) is 0. The molecule has 0 bridgehead atoms. The Morgan fingerprint density at radius 1 is 1.04 bits per heavy atom. The molecule has 4 rings (SSSR count). The van der Waals surface area contributed by atoms with Gasteiger partial charge in [-0.2, -0.15) is 0 Å². The van der Waals surface area contributed by atoms with E-state index in [4.69, 9.17) is 4.74 Å². The van der Waals surface area contributed by atoms with Gasteiger partial charge < -0.3 is 9.64 Å². The number of rotatable bonds is 2. The molecule has 0 atom stereocenters. The van der Waals surface area contributed by atoms with Crippen molar-refractivity contribution in [3.63, 3.8) is 0 Å². The lowest BCUT2D eigenvalue weighted by Gasteiger charge is -2.26. The summed E-state index contributed by atoms with van der Waals surface area (Å²) in [4.78, 5) is 14.4. The SMILES string of the molecule is O=C(c1ccc2nnc(-c3ccc(F)cc3)n2c1)N1CCOCC1. The van der Waals surface area contributed by atoms with Gasteiger partial charge in [0.15, 0.2) is 11.5 Å². The summed E-state index contributed by atoms with van der Waals surface area (Å²) in [6, 6.07) is 9.53. The summed E-state index contributed by atoms with van der Waals surface area (Å²) in [7, 11) is 0. The maximum atomic E-state index is 13.1. The summed E-state index contributed by atoms with van der Waals surface area (Å²) in [5.74, 6) is 0.219. The van der Waals surface area contributed by atoms with Gasteiger partial charge in [0.25, 0.3) is 5.91 Å². The Labute approximate surface area is 137 Å². The standard InChI is InChI=1S/C17H15FN4O2/c18-14-4-1-12(2-5-14)16-20-19-15-6-3-13(11-22(15)16)17(23)21-7-9-24-10-8-21/h1-6,11H,7-10H2. The summed E-state index contributed by atoms with van der Waals surface area (Å²) in [5, 5.41) is 8.26. The number of carbonyl (C=O) groups is 1. The number of ether oxygens (including phenoxy) is 1. The van der Waals surface area contributed by atoms with Crippen LogP contribution in [0, 0.1) is 5.82 Å². The molecule has 0 radical (unpaired) electrons. The fraction of sp³-hybridized carbons (Fsp3) is 0.235. The van der Waals surface area contributed by atoms with Crippen LogP contribution in [-0.4, -0.2) is 51.7 Å². The van der Waals surface area contributed by atoms with Crippen molar-refractivity contribution in [2.24, 2.45) is 0 Å². The molecule has 0 saturated carbocycles. The van der Waals surface area contributed by atoms with Crippen LogP contribution in [0.1, 0.15) is 10.4 Å². The zero-order chi connectivity index (χ0) is 16.5. The van der Waals surface area contributed by atoms with Crippen LogP contribution >= 0.6 is 0 Å². The molecule has 1 amide bonds. The summed E-state index contributed by atoms with van der Waals surface area (Å²) in [6.07, 6.45) is 1.73. The maximum absolute atomic E-state index is 13.1. The van der Waals surface area contributed by atoms with Crippen molar-refractivity contribution in [1.29, 1.82) is 0 Å². The normalized spacial score (nSPS) is 15.0. The fourth-order valence-corrected chi connectivity index (χ4v) is 2.76. The van der Waals surface area contributed by atoms with E-state index in [1.807, 2.05) is 0 Å². The minimum Gasteiger partial charge on any atom is -0.378 e. The second-order valence-electron chi connectivity index (χ2n) is 5.58. The minimum atomic E-state index is -0.309. The van der Waals surface area contributed by atoms with E-state index in [0.717, 1.165) is 5.56 Å². The number of benzene rings is 1. The van der Waals surface area contributed by atoms with E-state index in [1.165, 1.54) is 12.1 Å². The first kappa shape index (κ1) is 14.8. The van der Waals surface area contributed by atoms with Crippen LogP contribution in [0.2, 0.25) is 0 Å². The van der Waals surface area contributed by atoms with Crippen molar-refractivity contribution in [2.75, 3.05) is 26.3 Å². The zero-order valence-electron chi connectivity index (χ0n) is 12.9. The predicted molar refractivity (Wildman–Crippen MR) is 85.1 cm³/mol. The summed E-state index contributed by atoms with van der Waals surface area (Å²) in [6.45, 7) is 2.29. The average molecular weight is 326 g/mol. The fourth-order valence-electron chi connectivity index (χ4n) is 2.76. The molecule has 24 heavy (non-hydrogen) atoms. The van der Waals surface area contributed by atoms with Gasteiger partial charge in [-0.3, -0.25) is 9.20 Å². The molecule has 1 aliphatic heterocycles. The van der Waals surface area contributed by atoms with Crippen molar-refractivity contribution in [2.45, 2.75) is 0 Å². The summed E-state index contributed by atoms with van der Waals surface area (Å²) >= 11 is 0. The molecule has 0 N–H and O–H groups in total. The first-order valence-corrected chi connectivity index (χ1v) is 7.70. The average Bonchev–Trinajstić information content (AvgIpc) is 3.05. The number of aromatic nitrogens is 3. The first-order valence-electron chi connectivity index (χ1n) is 7.70. The van der Waals surface area contributed by atoms with Crippen molar-refractivity contribution in [1.82, 2.24) is 19.5 Å². The largest absolute Gasteiger partial charge is 0.378 e. The van der Waals surface area contributed by atoms with Crippen LogP contribution in [0.15, 0.2) is 42.6 Å². The second-order valence-corrected chi connectivity index (χ2v) is 5.58. The molecule has 1 fully saturated rings. The van der Waals surface area contributed by atoms with Gasteiger partial charge in [-0.05, 0) is 36.4 Å². The van der Waals surface area contributed by atoms with E-state index in [1.54, 1.807) is 39.8 Å². The summed E-state index contributed by atoms with van der Waals surface area (Å²) in [5.41, 5.74) is 1.93. The highest BCUT2D eigenvalue weighted by atomic mass is 19.1. The van der Waals surface area contributed by atoms with Gasteiger partial charge in [-0.25, -0.2) is 4.39 Å². The Balaban J connectivity index is 1.72.